The zero-order valence-electron chi connectivity index (χ0n) is 18.8. The third-order valence-corrected chi connectivity index (χ3v) is 6.56. The number of hydrogen-bond donors (Lipinski definition) is 2. The van der Waals surface area contributed by atoms with E-state index in [2.05, 4.69) is 4.90 Å². The minimum Gasteiger partial charge on any atom is -0.493 e. The van der Waals surface area contributed by atoms with Crippen molar-refractivity contribution in [3.05, 3.63) is 23.8 Å². The van der Waals surface area contributed by atoms with Gasteiger partial charge in [-0.25, -0.2) is 4.79 Å². The van der Waals surface area contributed by atoms with Crippen molar-refractivity contribution in [2.24, 2.45) is 5.73 Å². The van der Waals surface area contributed by atoms with Crippen LogP contribution in [0.25, 0.3) is 0 Å². The van der Waals surface area contributed by atoms with E-state index in [9.17, 15) is 9.90 Å². The summed E-state index contributed by atoms with van der Waals surface area (Å²) in [6.45, 7) is 3.09. The number of ether oxygens (including phenoxy) is 3. The number of carboxylic acid groups (broad SMARTS) is 1. The van der Waals surface area contributed by atoms with Crippen LogP contribution in [0.5, 0.6) is 11.5 Å². The Bertz CT molecular complexity index is 716. The number of amides is 1. The second-order valence-electron chi connectivity index (χ2n) is 8.40. The highest BCUT2D eigenvalue weighted by Crippen LogP contribution is 2.30. The third-order valence-electron chi connectivity index (χ3n) is 6.56. The maximum Gasteiger partial charge on any atom is 0.407 e. The van der Waals surface area contributed by atoms with E-state index in [1.54, 1.807) is 14.2 Å². The lowest BCUT2D eigenvalue weighted by molar-refractivity contribution is -0.0304. The maximum atomic E-state index is 11.6. The van der Waals surface area contributed by atoms with Gasteiger partial charge in [0, 0.05) is 38.3 Å². The molecule has 0 radical (unpaired) electrons. The van der Waals surface area contributed by atoms with Gasteiger partial charge in [-0.3, -0.25) is 4.90 Å². The SMILES string of the molecule is COc1ccc(CCO[C@@H]2CCCC[C@H]2N2CC[C@@H](N(CCN)C(=O)O)C2)cc1OC. The van der Waals surface area contributed by atoms with Crippen molar-refractivity contribution in [2.45, 2.75) is 56.7 Å². The molecular weight excluding hydrogens is 398 g/mol. The zero-order chi connectivity index (χ0) is 22.2. The molecule has 1 heterocycles. The Hall–Kier alpha value is -2.03. The predicted molar refractivity (Wildman–Crippen MR) is 119 cm³/mol. The number of carbonyl (C=O) groups is 1. The molecule has 2 aliphatic rings. The second-order valence-corrected chi connectivity index (χ2v) is 8.40. The molecule has 8 heteroatoms. The lowest BCUT2D eigenvalue weighted by atomic mass is 9.91. The first-order valence-corrected chi connectivity index (χ1v) is 11.3. The van der Waals surface area contributed by atoms with Crippen LogP contribution in [-0.2, 0) is 11.2 Å². The minimum absolute atomic E-state index is 0.0235. The van der Waals surface area contributed by atoms with Crippen LogP contribution >= 0.6 is 0 Å². The third kappa shape index (κ3) is 6.02. The van der Waals surface area contributed by atoms with E-state index in [4.69, 9.17) is 19.9 Å². The van der Waals surface area contributed by atoms with Crippen molar-refractivity contribution in [3.63, 3.8) is 0 Å². The fourth-order valence-corrected chi connectivity index (χ4v) is 4.95. The smallest absolute Gasteiger partial charge is 0.407 e. The van der Waals surface area contributed by atoms with Crippen LogP contribution in [0.15, 0.2) is 18.2 Å². The molecule has 1 saturated carbocycles. The van der Waals surface area contributed by atoms with Crippen molar-refractivity contribution in [1.82, 2.24) is 9.80 Å². The van der Waals surface area contributed by atoms with Crippen LogP contribution in [0.2, 0.25) is 0 Å². The fourth-order valence-electron chi connectivity index (χ4n) is 4.95. The van der Waals surface area contributed by atoms with E-state index in [-0.39, 0.29) is 12.1 Å². The van der Waals surface area contributed by atoms with Gasteiger partial charge < -0.3 is 30.0 Å². The first-order chi connectivity index (χ1) is 15.1. The highest BCUT2D eigenvalue weighted by molar-refractivity contribution is 5.65. The molecule has 0 spiro atoms. The number of likely N-dealkylation sites (tertiary alicyclic amines) is 1. The highest BCUT2D eigenvalue weighted by Gasteiger charge is 2.37. The lowest BCUT2D eigenvalue weighted by Gasteiger charge is -2.38. The topological polar surface area (TPSA) is 97.5 Å². The Morgan fingerprint density at radius 1 is 1.19 bits per heavy atom. The van der Waals surface area contributed by atoms with Gasteiger partial charge in [0.25, 0.3) is 0 Å². The lowest BCUT2D eigenvalue weighted by Crippen LogP contribution is -2.48. The molecule has 2 fully saturated rings. The quantitative estimate of drug-likeness (QED) is 0.583. The molecule has 0 unspecified atom stereocenters. The van der Waals surface area contributed by atoms with Crippen LogP contribution in [0, 0.1) is 0 Å². The Labute approximate surface area is 185 Å². The Morgan fingerprint density at radius 2 is 1.97 bits per heavy atom. The van der Waals surface area contributed by atoms with E-state index in [0.29, 0.717) is 25.7 Å². The van der Waals surface area contributed by atoms with Crippen LogP contribution in [-0.4, -0.2) is 86.2 Å². The van der Waals surface area contributed by atoms with Gasteiger partial charge in [0.15, 0.2) is 11.5 Å². The van der Waals surface area contributed by atoms with Crippen LogP contribution in [0.1, 0.15) is 37.7 Å². The number of benzene rings is 1. The highest BCUT2D eigenvalue weighted by atomic mass is 16.5. The molecule has 0 bridgehead atoms. The summed E-state index contributed by atoms with van der Waals surface area (Å²) >= 11 is 0. The number of methoxy groups -OCH3 is 2. The monoisotopic (exact) mass is 435 g/mol. The van der Waals surface area contributed by atoms with E-state index in [1.807, 2.05) is 18.2 Å². The molecule has 1 aliphatic heterocycles. The summed E-state index contributed by atoms with van der Waals surface area (Å²) < 4.78 is 17.1. The Balaban J connectivity index is 1.54. The number of rotatable bonds is 10. The van der Waals surface area contributed by atoms with E-state index in [0.717, 1.165) is 55.8 Å². The summed E-state index contributed by atoms with van der Waals surface area (Å²) in [5, 5.41) is 9.52. The Kier molecular flexibility index (Phi) is 8.80. The number of nitrogens with two attached hydrogens (primary N) is 1. The first kappa shape index (κ1) is 23.6. The zero-order valence-corrected chi connectivity index (χ0v) is 18.8. The molecule has 1 amide bonds. The molecular formula is C23H37N3O5. The molecule has 174 valence electrons. The summed E-state index contributed by atoms with van der Waals surface area (Å²) in [5.41, 5.74) is 6.78. The normalized spacial score (nSPS) is 24.2. The van der Waals surface area contributed by atoms with Crippen molar-refractivity contribution < 1.29 is 24.1 Å². The molecule has 1 aliphatic carbocycles. The number of hydrogen-bond acceptors (Lipinski definition) is 6. The fraction of sp³-hybridized carbons (Fsp3) is 0.696. The van der Waals surface area contributed by atoms with Crippen LogP contribution < -0.4 is 15.2 Å². The molecule has 3 atom stereocenters. The summed E-state index contributed by atoms with van der Waals surface area (Å²) in [6.07, 6.45) is 5.55. The molecule has 1 saturated heterocycles. The van der Waals surface area contributed by atoms with E-state index >= 15 is 0 Å². The predicted octanol–water partition coefficient (Wildman–Crippen LogP) is 2.59. The van der Waals surface area contributed by atoms with Gasteiger partial charge in [0.1, 0.15) is 0 Å². The summed E-state index contributed by atoms with van der Waals surface area (Å²) in [7, 11) is 3.28. The first-order valence-electron chi connectivity index (χ1n) is 11.3. The molecule has 3 rings (SSSR count). The maximum absolute atomic E-state index is 11.6. The minimum atomic E-state index is -0.872. The van der Waals surface area contributed by atoms with Gasteiger partial charge in [-0.2, -0.15) is 0 Å². The van der Waals surface area contributed by atoms with Crippen molar-refractivity contribution in [2.75, 3.05) is 47.0 Å². The van der Waals surface area contributed by atoms with Crippen molar-refractivity contribution >= 4 is 6.09 Å². The average Bonchev–Trinajstić information content (AvgIpc) is 3.27. The summed E-state index contributed by atoms with van der Waals surface area (Å²) in [6, 6.07) is 6.36. The second kappa shape index (κ2) is 11.5. The van der Waals surface area contributed by atoms with Crippen molar-refractivity contribution in [1.29, 1.82) is 0 Å². The van der Waals surface area contributed by atoms with Gasteiger partial charge >= 0.3 is 6.09 Å². The van der Waals surface area contributed by atoms with Crippen LogP contribution in [0.3, 0.4) is 0 Å². The standard InChI is InChI=1S/C23H37N3O5/c1-29-21-8-7-17(15-22(21)30-2)10-14-31-20-6-4-3-5-19(20)25-12-9-18(16-25)26(13-11-24)23(27)28/h7-8,15,18-20H,3-6,9-14,16,24H2,1-2H3,(H,27,28)/t18-,19-,20-/m1/s1. The molecule has 1 aromatic rings. The van der Waals surface area contributed by atoms with E-state index in [1.165, 1.54) is 17.7 Å². The van der Waals surface area contributed by atoms with Gasteiger partial charge in [0.2, 0.25) is 0 Å². The molecule has 8 nitrogen and oxygen atoms in total. The molecule has 31 heavy (non-hydrogen) atoms. The van der Waals surface area contributed by atoms with Gasteiger partial charge in [-0.15, -0.1) is 0 Å². The van der Waals surface area contributed by atoms with Gasteiger partial charge in [0.05, 0.1) is 26.9 Å². The van der Waals surface area contributed by atoms with Crippen LogP contribution in [0.4, 0.5) is 4.79 Å². The average molecular weight is 436 g/mol. The summed E-state index contributed by atoms with van der Waals surface area (Å²) in [5.74, 6) is 1.47. The van der Waals surface area contributed by atoms with Crippen molar-refractivity contribution in [3.8, 4) is 11.5 Å². The van der Waals surface area contributed by atoms with Gasteiger partial charge in [-0.05, 0) is 43.4 Å². The van der Waals surface area contributed by atoms with Gasteiger partial charge in [-0.1, -0.05) is 18.9 Å². The summed E-state index contributed by atoms with van der Waals surface area (Å²) in [4.78, 5) is 15.5. The molecule has 3 N–H and O–H groups in total. The van der Waals surface area contributed by atoms with E-state index < -0.39 is 6.09 Å². The Morgan fingerprint density at radius 3 is 2.68 bits per heavy atom. The number of nitrogens with zero attached hydrogens (tertiary/aromatic N) is 2. The largest absolute Gasteiger partial charge is 0.493 e. The molecule has 0 aromatic heterocycles. The molecule has 1 aromatic carbocycles.